The molecule has 3 N–H and O–H groups in total. The Morgan fingerprint density at radius 2 is 2.23 bits per heavy atom. The lowest BCUT2D eigenvalue weighted by molar-refractivity contribution is -0.131. The molecule has 3 heterocycles. The fourth-order valence-electron chi connectivity index (χ4n) is 2.43. The molecule has 1 amide bonds. The molecule has 0 bridgehead atoms. The number of amides is 1. The number of carbonyl (C=O) groups excluding carboxylic acids is 1. The van der Waals surface area contributed by atoms with Crippen LogP contribution in [0.5, 0.6) is 0 Å². The topological polar surface area (TPSA) is 113 Å². The summed E-state index contributed by atoms with van der Waals surface area (Å²) in [6, 6.07) is 0. The number of aliphatic hydroxyl groups excluding tert-OH is 2. The smallest absolute Gasteiger partial charge is 0.259 e. The molecule has 2 aromatic rings. The molecule has 3 rings (SSSR count). The Labute approximate surface area is 138 Å². The van der Waals surface area contributed by atoms with E-state index in [9.17, 15) is 15.0 Å². The Morgan fingerprint density at radius 1 is 1.50 bits per heavy atom. The number of hydrogen-bond donors (Lipinski definition) is 3. The third-order valence-corrected chi connectivity index (χ3v) is 5.48. The molecule has 3 atom stereocenters. The van der Waals surface area contributed by atoms with Gasteiger partial charge in [0.25, 0.3) is 5.91 Å². The van der Waals surface area contributed by atoms with Gasteiger partial charge in [-0.25, -0.2) is 9.97 Å². The van der Waals surface area contributed by atoms with Gasteiger partial charge in [0, 0.05) is 12.8 Å². The molecule has 0 saturated carbocycles. The van der Waals surface area contributed by atoms with Crippen molar-refractivity contribution >= 4 is 52.0 Å². The average molecular weight is 364 g/mol. The Kier molecular flexibility index (Phi) is 3.94. The van der Waals surface area contributed by atoms with Gasteiger partial charge in [-0.2, -0.15) is 4.98 Å². The first kappa shape index (κ1) is 15.8. The molecule has 0 unspecified atom stereocenters. The summed E-state index contributed by atoms with van der Waals surface area (Å²) in [6.07, 6.45) is -1.08. The van der Waals surface area contributed by atoms with E-state index in [2.05, 4.69) is 20.3 Å². The number of fused-ring (bicyclic) bond motifs is 1. The summed E-state index contributed by atoms with van der Waals surface area (Å²) < 4.78 is 1.37. The molecule has 11 heteroatoms. The minimum Gasteiger partial charge on any atom is -0.389 e. The number of nitrogens with zero attached hydrogens (tertiary/aromatic N) is 4. The van der Waals surface area contributed by atoms with Gasteiger partial charge < -0.3 is 15.5 Å². The van der Waals surface area contributed by atoms with E-state index in [-0.39, 0.29) is 27.4 Å². The lowest BCUT2D eigenvalue weighted by atomic mass is 10.1. The van der Waals surface area contributed by atoms with Gasteiger partial charge in [0.05, 0.1) is 12.4 Å². The number of hydrogen-bond acceptors (Lipinski definition) is 7. The molecule has 0 radical (unpaired) electrons. The zero-order chi connectivity index (χ0) is 16.1. The number of rotatable bonds is 2. The van der Waals surface area contributed by atoms with Gasteiger partial charge in [0.2, 0.25) is 10.2 Å². The van der Waals surface area contributed by atoms with Crippen LogP contribution >= 0.6 is 35.0 Å². The maximum atomic E-state index is 12.4. The average Bonchev–Trinajstić information content (AvgIpc) is 3.02. The lowest BCUT2D eigenvalue weighted by Crippen LogP contribution is -2.53. The molecular weight excluding hydrogens is 353 g/mol. The van der Waals surface area contributed by atoms with Gasteiger partial charge in [-0.15, -0.1) is 11.8 Å². The first-order chi connectivity index (χ1) is 10.4. The van der Waals surface area contributed by atoms with Gasteiger partial charge in [-0.1, -0.05) is 11.6 Å². The van der Waals surface area contributed by atoms with Crippen LogP contribution in [0.25, 0.3) is 11.2 Å². The number of aromatic nitrogens is 4. The van der Waals surface area contributed by atoms with Crippen molar-refractivity contribution in [2.24, 2.45) is 0 Å². The van der Waals surface area contributed by atoms with Crippen molar-refractivity contribution in [2.75, 3.05) is 12.8 Å². The van der Waals surface area contributed by atoms with Gasteiger partial charge in [0.1, 0.15) is 11.6 Å². The van der Waals surface area contributed by atoms with Crippen LogP contribution in [0.15, 0.2) is 6.33 Å². The fourth-order valence-corrected chi connectivity index (χ4v) is 4.30. The van der Waals surface area contributed by atoms with E-state index >= 15 is 0 Å². The standard InChI is InChI=1S/C11H11Cl2N5O3S/c1-14-9(21)11(6(20)4(19)2-22-11)18-3-15-5-7(12)16-10(13)17-8(5)18/h3-4,6,19-20H,2H2,1H3,(H,14,21)/t4-,6-,11+/m0/s1. The maximum Gasteiger partial charge on any atom is 0.259 e. The molecule has 1 aliphatic heterocycles. The molecule has 1 fully saturated rings. The monoisotopic (exact) mass is 363 g/mol. The SMILES string of the molecule is CNC(=O)[C@]1(n2cnc3c(Cl)nc(Cl)nc32)SC[C@H](O)[C@@H]1O. The second-order valence-corrected chi connectivity index (χ2v) is 6.61. The lowest BCUT2D eigenvalue weighted by Gasteiger charge is -2.31. The second kappa shape index (κ2) is 5.50. The summed E-state index contributed by atoms with van der Waals surface area (Å²) in [4.78, 5) is 22.9. The van der Waals surface area contributed by atoms with Crippen molar-refractivity contribution in [1.82, 2.24) is 24.8 Å². The number of likely N-dealkylation sites (N-methyl/N-ethyl adjacent to an activating group) is 1. The Bertz CT molecular complexity index is 757. The molecule has 0 spiro atoms. The third-order valence-electron chi connectivity index (χ3n) is 3.48. The Morgan fingerprint density at radius 3 is 2.82 bits per heavy atom. The number of nitrogens with one attached hydrogen (secondary N) is 1. The van der Waals surface area contributed by atoms with Crippen LogP contribution in [-0.2, 0) is 9.67 Å². The number of aliphatic hydroxyl groups is 2. The van der Waals surface area contributed by atoms with E-state index in [1.54, 1.807) is 0 Å². The van der Waals surface area contributed by atoms with Gasteiger partial charge in [0.15, 0.2) is 10.8 Å². The minimum absolute atomic E-state index is 0.0406. The summed E-state index contributed by atoms with van der Waals surface area (Å²) >= 11 is 12.9. The van der Waals surface area contributed by atoms with E-state index in [0.717, 1.165) is 11.8 Å². The Hall–Kier alpha value is -1.13. The minimum atomic E-state index is -1.51. The predicted molar refractivity (Wildman–Crippen MR) is 81.9 cm³/mol. The van der Waals surface area contributed by atoms with E-state index in [0.29, 0.717) is 0 Å². The van der Waals surface area contributed by atoms with Crippen LogP contribution in [0.4, 0.5) is 0 Å². The van der Waals surface area contributed by atoms with Crippen LogP contribution in [0.2, 0.25) is 10.4 Å². The van der Waals surface area contributed by atoms with Crippen LogP contribution in [-0.4, -0.2) is 60.6 Å². The summed E-state index contributed by atoms with van der Waals surface area (Å²) in [5, 5.41) is 22.7. The van der Waals surface area contributed by atoms with E-state index in [4.69, 9.17) is 23.2 Å². The van der Waals surface area contributed by atoms with Gasteiger partial charge in [-0.3, -0.25) is 9.36 Å². The maximum absolute atomic E-state index is 12.4. The highest BCUT2D eigenvalue weighted by Crippen LogP contribution is 2.44. The molecule has 0 aliphatic carbocycles. The molecular formula is C11H11Cl2N5O3S. The van der Waals surface area contributed by atoms with Crippen molar-refractivity contribution in [2.45, 2.75) is 17.1 Å². The molecule has 8 nitrogen and oxygen atoms in total. The summed E-state index contributed by atoms with van der Waals surface area (Å²) in [5.41, 5.74) is 0.456. The van der Waals surface area contributed by atoms with Crippen LogP contribution < -0.4 is 5.32 Å². The Balaban J connectivity index is 2.28. The number of halogens is 2. The van der Waals surface area contributed by atoms with Crippen molar-refractivity contribution in [3.63, 3.8) is 0 Å². The van der Waals surface area contributed by atoms with Crippen molar-refractivity contribution < 1.29 is 15.0 Å². The molecule has 118 valence electrons. The quantitative estimate of drug-likeness (QED) is 0.508. The summed E-state index contributed by atoms with van der Waals surface area (Å²) in [7, 11) is 1.44. The van der Waals surface area contributed by atoms with Crippen molar-refractivity contribution in [1.29, 1.82) is 0 Å². The zero-order valence-corrected chi connectivity index (χ0v) is 13.5. The number of thioether (sulfide) groups is 1. The highest BCUT2D eigenvalue weighted by atomic mass is 35.5. The van der Waals surface area contributed by atoms with Crippen LogP contribution in [0.1, 0.15) is 0 Å². The first-order valence-corrected chi connectivity index (χ1v) is 7.94. The van der Waals surface area contributed by atoms with E-state index < -0.39 is 23.0 Å². The fraction of sp³-hybridized carbons (Fsp3) is 0.455. The molecule has 1 aliphatic rings. The first-order valence-electron chi connectivity index (χ1n) is 6.20. The second-order valence-electron chi connectivity index (χ2n) is 4.67. The summed E-state index contributed by atoms with van der Waals surface area (Å²) in [6.45, 7) is 0. The van der Waals surface area contributed by atoms with Crippen LogP contribution in [0.3, 0.4) is 0 Å². The largest absolute Gasteiger partial charge is 0.389 e. The molecule has 2 aromatic heterocycles. The molecule has 22 heavy (non-hydrogen) atoms. The molecule has 1 saturated heterocycles. The normalized spacial score (nSPS) is 28.2. The summed E-state index contributed by atoms with van der Waals surface area (Å²) in [5.74, 6) is -0.312. The highest BCUT2D eigenvalue weighted by Gasteiger charge is 2.56. The van der Waals surface area contributed by atoms with Gasteiger partial charge in [-0.05, 0) is 11.6 Å². The van der Waals surface area contributed by atoms with E-state index in [1.807, 2.05) is 0 Å². The zero-order valence-electron chi connectivity index (χ0n) is 11.2. The number of imidazole rings is 1. The highest BCUT2D eigenvalue weighted by molar-refractivity contribution is 8.01. The van der Waals surface area contributed by atoms with Crippen molar-refractivity contribution in [3.05, 3.63) is 16.8 Å². The third kappa shape index (κ3) is 2.08. The van der Waals surface area contributed by atoms with Crippen LogP contribution in [0, 0.1) is 0 Å². The predicted octanol–water partition coefficient (Wildman–Crippen LogP) is 0.000500. The number of carbonyl (C=O) groups is 1. The van der Waals surface area contributed by atoms with E-state index in [1.165, 1.54) is 17.9 Å². The molecule has 0 aromatic carbocycles. The van der Waals surface area contributed by atoms with Crippen molar-refractivity contribution in [3.8, 4) is 0 Å². The van der Waals surface area contributed by atoms with Gasteiger partial charge >= 0.3 is 0 Å².